The van der Waals surface area contributed by atoms with Crippen LogP contribution in [-0.4, -0.2) is 54.2 Å². The van der Waals surface area contributed by atoms with Crippen LogP contribution in [-0.2, 0) is 13.8 Å². The molecule has 0 amide bonds. The molecule has 1 fully saturated rings. The molecule has 2 rings (SSSR count). The summed E-state index contributed by atoms with van der Waals surface area (Å²) in [4.78, 5) is 31.0. The third kappa shape index (κ3) is 3.50. The number of aliphatic hydroxyl groups excluding tert-OH is 2. The predicted molar refractivity (Wildman–Crippen MR) is 69.9 cm³/mol. The van der Waals surface area contributed by atoms with Gasteiger partial charge in [0.1, 0.15) is 23.5 Å². The van der Waals surface area contributed by atoms with Crippen molar-refractivity contribution in [2.24, 2.45) is 0 Å². The van der Waals surface area contributed by atoms with Crippen LogP contribution in [0.15, 0.2) is 17.1 Å². The van der Waals surface area contributed by atoms with Gasteiger partial charge in [-0.15, -0.1) is 0 Å². The monoisotopic (exact) mass is 359 g/mol. The van der Waals surface area contributed by atoms with Gasteiger partial charge < -0.3 is 24.7 Å². The number of ether oxygens (including phenoxy) is 1. The molecule has 10 nitrogen and oxygen atoms in total. The molecule has 0 aromatic carbocycles. The van der Waals surface area contributed by atoms with Crippen molar-refractivity contribution in [3.63, 3.8) is 0 Å². The van der Waals surface area contributed by atoms with Crippen molar-refractivity contribution in [3.8, 4) is 0 Å². The number of aromatic nitrogens is 2. The van der Waals surface area contributed by atoms with Gasteiger partial charge >= 0.3 is 13.5 Å². The van der Waals surface area contributed by atoms with Crippen molar-refractivity contribution in [2.75, 3.05) is 6.61 Å². The Balaban J connectivity index is 2.40. The molecule has 0 saturated carbocycles. The molecule has 0 radical (unpaired) electrons. The number of hydrogen-bond acceptors (Lipinski definition) is 7. The molecule has 0 aliphatic carbocycles. The van der Waals surface area contributed by atoms with Crippen molar-refractivity contribution in [3.05, 3.63) is 27.4 Å². The molecule has 1 aliphatic rings. The first-order valence-corrected chi connectivity index (χ1v) is 7.61. The third-order valence-corrected chi connectivity index (χ3v) is 3.46. The van der Waals surface area contributed by atoms with Crippen LogP contribution in [0.3, 0.4) is 0 Å². The lowest BCUT2D eigenvalue weighted by atomic mass is 10.1. The molecule has 2 heterocycles. The Kier molecular flexibility index (Phi) is 4.27. The van der Waals surface area contributed by atoms with E-state index in [1.54, 1.807) is 0 Å². The van der Waals surface area contributed by atoms with Crippen molar-refractivity contribution in [1.29, 1.82) is 0 Å². The fourth-order valence-electron chi connectivity index (χ4n) is 1.73. The molecule has 1 aliphatic heterocycles. The van der Waals surface area contributed by atoms with Crippen LogP contribution in [0.4, 0.5) is 4.39 Å². The zero-order chi connectivity index (χ0) is 17.6. The van der Waals surface area contributed by atoms with E-state index in [2.05, 4.69) is 26.5 Å². The van der Waals surface area contributed by atoms with E-state index in [9.17, 15) is 24.0 Å². The average molecular weight is 359 g/mol. The quantitative estimate of drug-likeness (QED) is 0.334. The smallest absolute Gasteiger partial charge is 0.385 e. The van der Waals surface area contributed by atoms with Gasteiger partial charge in [0.2, 0.25) is 0 Å². The molecular weight excluding hydrogens is 346 g/mol. The number of phosphoric acid groups is 1. The molecule has 124 valence electrons. The summed E-state index contributed by atoms with van der Waals surface area (Å²) in [6.07, 6.45) is -6.57. The molecule has 0 bridgehead atoms. The van der Waals surface area contributed by atoms with Gasteiger partial charge in [0, 0.05) is 6.20 Å². The van der Waals surface area contributed by atoms with Crippen LogP contribution < -0.4 is 5.69 Å². The summed E-state index contributed by atoms with van der Waals surface area (Å²) in [6.45, 7) is -1.48. The van der Waals surface area contributed by atoms with E-state index in [0.717, 1.165) is 12.3 Å². The first-order valence-electron chi connectivity index (χ1n) is 6.17. The SMILES string of the molecule is [2H][C@@]1(n2ccc(=S)[nH]c2=O)O[C@](F)(COP(=O)(O)O)[C@@H](O)[C@H]1O. The lowest BCUT2D eigenvalue weighted by Crippen LogP contribution is -2.42. The first-order chi connectivity index (χ1) is 10.4. The van der Waals surface area contributed by atoms with Gasteiger partial charge in [0.15, 0.2) is 6.20 Å². The zero-order valence-electron chi connectivity index (χ0n) is 11.6. The fraction of sp³-hybridized carbons (Fsp3) is 0.556. The summed E-state index contributed by atoms with van der Waals surface area (Å²) in [5.74, 6) is -3.34. The summed E-state index contributed by atoms with van der Waals surface area (Å²) in [5.41, 5.74) is -1.03. The van der Waals surface area contributed by atoms with Crippen LogP contribution >= 0.6 is 20.0 Å². The van der Waals surface area contributed by atoms with Crippen LogP contribution in [0.1, 0.15) is 7.57 Å². The van der Waals surface area contributed by atoms with Crippen LogP contribution in [0, 0.1) is 4.64 Å². The first kappa shape index (κ1) is 15.9. The molecule has 0 spiro atoms. The van der Waals surface area contributed by atoms with Crippen LogP contribution in [0.5, 0.6) is 0 Å². The number of nitrogens with zero attached hydrogens (tertiary/aromatic N) is 1. The van der Waals surface area contributed by atoms with E-state index in [0.29, 0.717) is 4.57 Å². The Morgan fingerprint density at radius 3 is 2.82 bits per heavy atom. The van der Waals surface area contributed by atoms with Gasteiger partial charge in [0.25, 0.3) is 5.85 Å². The molecule has 1 aromatic rings. The number of aromatic amines is 1. The summed E-state index contributed by atoms with van der Waals surface area (Å²) < 4.78 is 42.0. The Morgan fingerprint density at radius 1 is 1.64 bits per heavy atom. The van der Waals surface area contributed by atoms with E-state index in [-0.39, 0.29) is 4.64 Å². The van der Waals surface area contributed by atoms with E-state index < -0.39 is 44.4 Å². The molecule has 1 saturated heterocycles. The average Bonchev–Trinajstić information content (AvgIpc) is 2.58. The number of hydrogen-bond donors (Lipinski definition) is 5. The lowest BCUT2D eigenvalue weighted by Gasteiger charge is -2.22. The highest BCUT2D eigenvalue weighted by Gasteiger charge is 2.57. The number of halogens is 1. The number of phosphoric ester groups is 1. The summed E-state index contributed by atoms with van der Waals surface area (Å²) in [6, 6.07) is 1.15. The summed E-state index contributed by atoms with van der Waals surface area (Å²) in [5, 5.41) is 19.6. The number of nitrogens with one attached hydrogen (secondary N) is 1. The largest absolute Gasteiger partial charge is 0.469 e. The minimum Gasteiger partial charge on any atom is -0.385 e. The number of H-pyrrole nitrogens is 1. The zero-order valence-corrected chi connectivity index (χ0v) is 12.3. The normalized spacial score (nSPS) is 36.3. The molecule has 13 heteroatoms. The highest BCUT2D eigenvalue weighted by atomic mass is 32.1. The van der Waals surface area contributed by atoms with E-state index in [1.807, 2.05) is 0 Å². The van der Waals surface area contributed by atoms with Gasteiger partial charge in [-0.25, -0.2) is 13.8 Å². The predicted octanol–water partition coefficient (Wildman–Crippen LogP) is -1.07. The van der Waals surface area contributed by atoms with E-state index in [4.69, 9.17) is 11.2 Å². The Hall–Kier alpha value is -0.980. The molecule has 5 N–H and O–H groups in total. The van der Waals surface area contributed by atoms with Crippen molar-refractivity contribution >= 4 is 20.0 Å². The highest BCUT2D eigenvalue weighted by molar-refractivity contribution is 7.71. The molecule has 22 heavy (non-hydrogen) atoms. The van der Waals surface area contributed by atoms with Crippen molar-refractivity contribution in [1.82, 2.24) is 9.55 Å². The van der Waals surface area contributed by atoms with Gasteiger partial charge in [-0.3, -0.25) is 14.1 Å². The lowest BCUT2D eigenvalue weighted by molar-refractivity contribution is -0.205. The van der Waals surface area contributed by atoms with E-state index in [1.165, 1.54) is 0 Å². The highest BCUT2D eigenvalue weighted by Crippen LogP contribution is 2.43. The molecule has 4 atom stereocenters. The molecule has 0 unspecified atom stereocenters. The van der Waals surface area contributed by atoms with Crippen molar-refractivity contribution < 1.29 is 39.6 Å². The van der Waals surface area contributed by atoms with Crippen molar-refractivity contribution in [2.45, 2.75) is 24.3 Å². The second kappa shape index (κ2) is 5.91. The number of aliphatic hydroxyl groups is 2. The summed E-state index contributed by atoms with van der Waals surface area (Å²) in [7, 11) is -5.10. The van der Waals surface area contributed by atoms with Crippen LogP contribution in [0.2, 0.25) is 0 Å². The van der Waals surface area contributed by atoms with Gasteiger partial charge in [0.05, 0.1) is 1.37 Å². The maximum absolute atomic E-state index is 14.5. The maximum Gasteiger partial charge on any atom is 0.469 e. The summed E-state index contributed by atoms with van der Waals surface area (Å²) >= 11 is 4.69. The van der Waals surface area contributed by atoms with Gasteiger partial charge in [-0.05, 0) is 6.07 Å². The second-order valence-corrected chi connectivity index (χ2v) is 6.04. The van der Waals surface area contributed by atoms with Gasteiger partial charge in [-0.2, -0.15) is 0 Å². The maximum atomic E-state index is 14.5. The standard InChI is InChI=1S/C9H12FN2O8PS/c10-9(3-19-21(16,17)18)6(14)5(13)7(20-9)12-2-1-4(22)11-8(12)15/h1-2,5-7,13-14H,3H2,(H,11,15,22)(H2,16,17,18)/t5-,6+,7-,9-/m1/s1/i7D. The second-order valence-electron chi connectivity index (χ2n) is 4.36. The fourth-order valence-corrected chi connectivity index (χ4v) is 2.23. The minimum absolute atomic E-state index is 0.000713. The Morgan fingerprint density at radius 2 is 2.27 bits per heavy atom. The molecule has 1 aromatic heterocycles. The molecular formula is C9H12FN2O8PS. The van der Waals surface area contributed by atoms with Gasteiger partial charge in [-0.1, -0.05) is 12.2 Å². The Labute approximate surface area is 128 Å². The van der Waals surface area contributed by atoms with E-state index >= 15 is 0 Å². The number of alkyl halides is 1. The minimum atomic E-state index is -5.10. The third-order valence-electron chi connectivity index (χ3n) is 2.76. The van der Waals surface area contributed by atoms with Crippen LogP contribution in [0.25, 0.3) is 0 Å². The Bertz CT molecular complexity index is 768. The number of rotatable bonds is 4. The topological polar surface area (TPSA) is 154 Å².